The van der Waals surface area contributed by atoms with Crippen molar-refractivity contribution in [2.24, 2.45) is 7.05 Å². The van der Waals surface area contributed by atoms with Crippen molar-refractivity contribution in [2.75, 3.05) is 13.1 Å². The highest BCUT2D eigenvalue weighted by Gasteiger charge is 2.29. The third-order valence-electron chi connectivity index (χ3n) is 2.44. The molecule has 0 amide bonds. The van der Waals surface area contributed by atoms with Crippen LogP contribution in [0.4, 0.5) is 5.82 Å². The first-order valence-corrected chi connectivity index (χ1v) is 4.64. The zero-order valence-corrected chi connectivity index (χ0v) is 8.56. The van der Waals surface area contributed by atoms with E-state index in [1.165, 1.54) is 0 Å². The fourth-order valence-corrected chi connectivity index (χ4v) is 1.33. The highest BCUT2D eigenvalue weighted by atomic mass is 16.6. The summed E-state index contributed by atoms with van der Waals surface area (Å²) in [7, 11) is 1.71. The third kappa shape index (κ3) is 1.65. The second kappa shape index (κ2) is 3.50. The molecule has 1 aliphatic heterocycles. The smallest absolute Gasteiger partial charge is 0.426 e. The van der Waals surface area contributed by atoms with Gasteiger partial charge in [0.2, 0.25) is 5.82 Å². The molecule has 2 rings (SSSR count). The molecular weight excluding hydrogens is 200 g/mol. The lowest BCUT2D eigenvalue weighted by atomic mass is 10.2. The van der Waals surface area contributed by atoms with E-state index in [-0.39, 0.29) is 17.8 Å². The van der Waals surface area contributed by atoms with Gasteiger partial charge >= 0.3 is 5.82 Å². The van der Waals surface area contributed by atoms with Gasteiger partial charge in [-0.15, -0.1) is 0 Å². The minimum atomic E-state index is -0.519. The number of aromatic nitrogens is 2. The van der Waals surface area contributed by atoms with Crippen molar-refractivity contribution in [1.82, 2.24) is 14.9 Å². The minimum absolute atomic E-state index is 0.0125. The van der Waals surface area contributed by atoms with E-state index in [1.807, 2.05) is 0 Å². The maximum Gasteiger partial charge on any atom is 0.426 e. The number of ether oxygens (including phenoxy) is 1. The first kappa shape index (κ1) is 9.91. The topological polar surface area (TPSA) is 82.2 Å². The van der Waals surface area contributed by atoms with Gasteiger partial charge in [-0.25, -0.2) is 0 Å². The van der Waals surface area contributed by atoms with Gasteiger partial charge in [0.1, 0.15) is 6.10 Å². The van der Waals surface area contributed by atoms with E-state index in [4.69, 9.17) is 4.74 Å². The standard InChI is InChI=1S/C8H12N4O3/c1-5-10-7(12(13)14)8(11(5)2)15-6-3-9-4-6/h6,9H,3-4H2,1-2H3. The van der Waals surface area contributed by atoms with Crippen LogP contribution in [0.1, 0.15) is 5.82 Å². The second-order valence-electron chi connectivity index (χ2n) is 3.50. The van der Waals surface area contributed by atoms with E-state index >= 15 is 0 Å². The van der Waals surface area contributed by atoms with E-state index in [2.05, 4.69) is 10.3 Å². The molecule has 0 aromatic carbocycles. The van der Waals surface area contributed by atoms with Gasteiger partial charge in [0.15, 0.2) is 0 Å². The molecule has 1 fully saturated rings. The minimum Gasteiger partial charge on any atom is -0.467 e. The fourth-order valence-electron chi connectivity index (χ4n) is 1.33. The molecule has 1 saturated heterocycles. The summed E-state index contributed by atoms with van der Waals surface area (Å²) in [6.07, 6.45) is 0.0125. The zero-order valence-electron chi connectivity index (χ0n) is 8.56. The predicted molar refractivity (Wildman–Crippen MR) is 51.9 cm³/mol. The van der Waals surface area contributed by atoms with Crippen LogP contribution >= 0.6 is 0 Å². The molecule has 0 atom stereocenters. The van der Waals surface area contributed by atoms with Gasteiger partial charge in [-0.2, -0.15) is 0 Å². The Bertz CT molecular complexity index is 397. The summed E-state index contributed by atoms with van der Waals surface area (Å²) in [5.74, 6) is 0.606. The lowest BCUT2D eigenvalue weighted by molar-refractivity contribution is -0.390. The van der Waals surface area contributed by atoms with Gasteiger partial charge in [0.25, 0.3) is 5.88 Å². The summed E-state index contributed by atoms with van der Waals surface area (Å²) >= 11 is 0. The molecule has 82 valence electrons. The molecule has 0 unspecified atom stereocenters. The molecule has 15 heavy (non-hydrogen) atoms. The fraction of sp³-hybridized carbons (Fsp3) is 0.625. The van der Waals surface area contributed by atoms with Crippen LogP contribution in [0.3, 0.4) is 0 Å². The molecule has 1 aromatic rings. The van der Waals surface area contributed by atoms with Crippen molar-refractivity contribution in [3.63, 3.8) is 0 Å². The van der Waals surface area contributed by atoms with Gasteiger partial charge in [0, 0.05) is 27.1 Å². The number of nitro groups is 1. The molecule has 0 bridgehead atoms. The van der Waals surface area contributed by atoms with Crippen LogP contribution < -0.4 is 10.1 Å². The molecule has 0 saturated carbocycles. The third-order valence-corrected chi connectivity index (χ3v) is 2.44. The molecule has 2 heterocycles. The first-order chi connectivity index (χ1) is 7.09. The number of imidazole rings is 1. The first-order valence-electron chi connectivity index (χ1n) is 4.64. The Labute approximate surface area is 86.2 Å². The van der Waals surface area contributed by atoms with E-state index in [0.717, 1.165) is 13.1 Å². The molecule has 0 radical (unpaired) electrons. The zero-order chi connectivity index (χ0) is 11.0. The van der Waals surface area contributed by atoms with Crippen molar-refractivity contribution >= 4 is 5.82 Å². The summed E-state index contributed by atoms with van der Waals surface area (Å²) in [6.45, 7) is 3.15. The SMILES string of the molecule is Cc1nc([N+](=O)[O-])c(OC2CNC2)n1C. The Hall–Kier alpha value is -1.63. The Morgan fingerprint density at radius 2 is 2.33 bits per heavy atom. The maximum atomic E-state index is 10.7. The molecule has 7 nitrogen and oxygen atoms in total. The molecular formula is C8H12N4O3. The van der Waals surface area contributed by atoms with Crippen LogP contribution in [-0.4, -0.2) is 33.7 Å². The van der Waals surface area contributed by atoms with E-state index in [1.54, 1.807) is 18.5 Å². The van der Waals surface area contributed by atoms with Crippen molar-refractivity contribution in [1.29, 1.82) is 0 Å². The van der Waals surface area contributed by atoms with Gasteiger partial charge in [-0.05, 0) is 9.91 Å². The van der Waals surface area contributed by atoms with Gasteiger partial charge < -0.3 is 20.2 Å². The average molecular weight is 212 g/mol. The molecule has 0 aliphatic carbocycles. The van der Waals surface area contributed by atoms with E-state index < -0.39 is 4.92 Å². The number of rotatable bonds is 3. The molecule has 1 N–H and O–H groups in total. The number of nitrogens with one attached hydrogen (secondary N) is 1. The average Bonchev–Trinajstić information content (AvgIpc) is 2.38. The van der Waals surface area contributed by atoms with Gasteiger partial charge in [-0.3, -0.25) is 4.57 Å². The van der Waals surface area contributed by atoms with Gasteiger partial charge in [-0.1, -0.05) is 0 Å². The maximum absolute atomic E-state index is 10.7. The van der Waals surface area contributed by atoms with Crippen LogP contribution in [0.2, 0.25) is 0 Å². The summed E-state index contributed by atoms with van der Waals surface area (Å²) in [4.78, 5) is 14.0. The molecule has 1 aliphatic rings. The van der Waals surface area contributed by atoms with Crippen LogP contribution in [0, 0.1) is 17.0 Å². The largest absolute Gasteiger partial charge is 0.467 e. The number of nitrogens with zero attached hydrogens (tertiary/aromatic N) is 3. The highest BCUT2D eigenvalue weighted by molar-refractivity contribution is 5.36. The van der Waals surface area contributed by atoms with Crippen molar-refractivity contribution < 1.29 is 9.66 Å². The number of hydrogen-bond donors (Lipinski definition) is 1. The normalized spacial score (nSPS) is 16.1. The van der Waals surface area contributed by atoms with Crippen LogP contribution in [0.5, 0.6) is 5.88 Å². The van der Waals surface area contributed by atoms with Crippen LogP contribution in [-0.2, 0) is 7.05 Å². The van der Waals surface area contributed by atoms with Crippen molar-refractivity contribution in [2.45, 2.75) is 13.0 Å². The Kier molecular flexibility index (Phi) is 2.31. The summed E-state index contributed by atoms with van der Waals surface area (Å²) in [5, 5.41) is 13.7. The summed E-state index contributed by atoms with van der Waals surface area (Å²) < 4.78 is 7.08. The summed E-state index contributed by atoms with van der Waals surface area (Å²) in [6, 6.07) is 0. The van der Waals surface area contributed by atoms with Crippen molar-refractivity contribution in [3.05, 3.63) is 15.9 Å². The van der Waals surface area contributed by atoms with Gasteiger partial charge in [0.05, 0.1) is 0 Å². The van der Waals surface area contributed by atoms with E-state index in [0.29, 0.717) is 5.82 Å². The predicted octanol–water partition coefficient (Wildman–Crippen LogP) is -0.0127. The monoisotopic (exact) mass is 212 g/mol. The quantitative estimate of drug-likeness (QED) is 0.562. The summed E-state index contributed by atoms with van der Waals surface area (Å²) in [5.41, 5.74) is 0. The number of aryl methyl sites for hydroxylation is 1. The number of hydrogen-bond acceptors (Lipinski definition) is 5. The van der Waals surface area contributed by atoms with Crippen molar-refractivity contribution in [3.8, 4) is 5.88 Å². The van der Waals surface area contributed by atoms with E-state index in [9.17, 15) is 10.1 Å². The second-order valence-corrected chi connectivity index (χ2v) is 3.50. The lowest BCUT2D eigenvalue weighted by Gasteiger charge is -2.27. The van der Waals surface area contributed by atoms with Crippen LogP contribution in [0.25, 0.3) is 0 Å². The highest BCUT2D eigenvalue weighted by Crippen LogP contribution is 2.27. The molecule has 0 spiro atoms. The Balaban J connectivity index is 2.29. The Morgan fingerprint density at radius 1 is 1.67 bits per heavy atom. The molecule has 7 heteroatoms. The Morgan fingerprint density at radius 3 is 2.80 bits per heavy atom. The lowest BCUT2D eigenvalue weighted by Crippen LogP contribution is -2.50. The molecule has 1 aromatic heterocycles. The van der Waals surface area contributed by atoms with Crippen LogP contribution in [0.15, 0.2) is 0 Å².